The fraction of sp³-hybridized carbons (Fsp3) is 0.400. The zero-order chi connectivity index (χ0) is 41.0. The standard InChI is InChI=1S/C35H44N6O10S3/c1-20-13-12-14-23(41(45)46)27(20)21-15-16-22(40(32(44)51-35(8,9)10)29(36)39-31(43)50-34(5,6)7)24(17-21)54(47,48)25-18-26(53-28(25)52-11)37-19-38-30(42)49-33(2,3)4/h12-19H,1-11H3,(H2,36,39,43)(H,37,38,42). The van der Waals surface area contributed by atoms with E-state index in [1.807, 2.05) is 0 Å². The Bertz CT molecular complexity index is 2090. The van der Waals surface area contributed by atoms with E-state index in [-0.39, 0.29) is 30.9 Å². The van der Waals surface area contributed by atoms with Crippen LogP contribution in [0.15, 0.2) is 61.5 Å². The summed E-state index contributed by atoms with van der Waals surface area (Å²) < 4.78 is 46.0. The molecule has 0 aliphatic rings. The van der Waals surface area contributed by atoms with E-state index in [2.05, 4.69) is 15.6 Å². The predicted molar refractivity (Wildman–Crippen MR) is 208 cm³/mol. The molecular formula is C35H44N6O10S3. The molecule has 3 aromatic rings. The number of thioether (sulfide) groups is 1. The second-order valence-corrected chi connectivity index (χ2v) is 18.5. The number of benzene rings is 2. The number of nitro groups is 1. The van der Waals surface area contributed by atoms with Gasteiger partial charge in [0.1, 0.15) is 21.8 Å². The molecule has 1 aromatic heterocycles. The fourth-order valence-corrected chi connectivity index (χ4v) is 8.67. The zero-order valence-electron chi connectivity index (χ0n) is 31.8. The number of rotatable bonds is 8. The SMILES string of the molecule is CSc1sc(N=CNC(=O)OC(C)(C)C)cc1S(=O)(=O)c1cc(-c2c(C)cccc2[N+](=O)[O-])ccc1N(C(=N)NC(=O)OC(C)(C)C)C(=O)OC(C)(C)C. The highest BCUT2D eigenvalue weighted by molar-refractivity contribution is 8.01. The molecule has 2 aromatic carbocycles. The van der Waals surface area contributed by atoms with Crippen LogP contribution in [0.1, 0.15) is 67.9 Å². The molecule has 292 valence electrons. The highest BCUT2D eigenvalue weighted by atomic mass is 32.2. The first kappa shape index (κ1) is 43.4. The Kier molecular flexibility index (Phi) is 13.3. The van der Waals surface area contributed by atoms with Crippen LogP contribution in [0.4, 0.5) is 30.8 Å². The smallest absolute Gasteiger partial charge is 0.421 e. The lowest BCUT2D eigenvalue weighted by atomic mass is 9.98. The molecule has 3 rings (SSSR count). The topological polar surface area (TPSA) is 220 Å². The van der Waals surface area contributed by atoms with Crippen molar-refractivity contribution < 1.29 is 41.9 Å². The number of aryl methyl sites for hydroxylation is 1. The number of aliphatic imine (C=N–C) groups is 1. The van der Waals surface area contributed by atoms with Crippen molar-refractivity contribution in [2.24, 2.45) is 4.99 Å². The van der Waals surface area contributed by atoms with Crippen molar-refractivity contribution >= 4 is 79.9 Å². The number of ether oxygens (including phenoxy) is 3. The van der Waals surface area contributed by atoms with E-state index in [1.54, 1.807) is 81.6 Å². The van der Waals surface area contributed by atoms with Crippen LogP contribution in [0.5, 0.6) is 0 Å². The van der Waals surface area contributed by atoms with Gasteiger partial charge in [-0.2, -0.15) is 0 Å². The maximum Gasteiger partial charge on any atom is 0.421 e. The highest BCUT2D eigenvalue weighted by Crippen LogP contribution is 2.44. The fourth-order valence-electron chi connectivity index (χ4n) is 4.64. The van der Waals surface area contributed by atoms with E-state index >= 15 is 0 Å². The number of sulfone groups is 1. The quantitative estimate of drug-likeness (QED) is 0.0489. The molecule has 0 saturated carbocycles. The van der Waals surface area contributed by atoms with E-state index in [9.17, 15) is 32.9 Å². The lowest BCUT2D eigenvalue weighted by Gasteiger charge is -2.29. The molecule has 54 heavy (non-hydrogen) atoms. The van der Waals surface area contributed by atoms with E-state index in [0.29, 0.717) is 10.5 Å². The third-order valence-corrected chi connectivity index (χ3v) is 10.8. The van der Waals surface area contributed by atoms with Crippen molar-refractivity contribution in [1.82, 2.24) is 10.6 Å². The normalized spacial score (nSPS) is 12.2. The summed E-state index contributed by atoms with van der Waals surface area (Å²) in [6, 6.07) is 9.37. The van der Waals surface area contributed by atoms with Crippen molar-refractivity contribution in [2.45, 2.75) is 100 Å². The Hall–Kier alpha value is -5.01. The van der Waals surface area contributed by atoms with Crippen molar-refractivity contribution in [2.75, 3.05) is 11.2 Å². The molecule has 19 heteroatoms. The number of thiophene rings is 1. The van der Waals surface area contributed by atoms with Gasteiger partial charge in [-0.05, 0) is 105 Å². The molecule has 0 fully saturated rings. The minimum absolute atomic E-state index is 0.110. The molecule has 16 nitrogen and oxygen atoms in total. The first-order valence-corrected chi connectivity index (χ1v) is 19.7. The Labute approximate surface area is 322 Å². The summed E-state index contributed by atoms with van der Waals surface area (Å²) in [5, 5.41) is 25.6. The van der Waals surface area contributed by atoms with Gasteiger partial charge in [-0.25, -0.2) is 32.7 Å². The van der Waals surface area contributed by atoms with Gasteiger partial charge in [0.05, 0.1) is 36.5 Å². The molecule has 3 amide bonds. The molecule has 0 bridgehead atoms. The van der Waals surface area contributed by atoms with Crippen molar-refractivity contribution in [3.63, 3.8) is 0 Å². The van der Waals surface area contributed by atoms with Gasteiger partial charge in [-0.1, -0.05) is 18.2 Å². The van der Waals surface area contributed by atoms with Crippen LogP contribution in [-0.2, 0) is 24.0 Å². The molecule has 0 atom stereocenters. The van der Waals surface area contributed by atoms with E-state index in [1.165, 1.54) is 30.3 Å². The molecule has 0 spiro atoms. The monoisotopic (exact) mass is 804 g/mol. The number of nitrogens with zero attached hydrogens (tertiary/aromatic N) is 3. The summed E-state index contributed by atoms with van der Waals surface area (Å²) in [6.07, 6.45) is -0.417. The molecule has 0 aliphatic heterocycles. The maximum absolute atomic E-state index is 14.9. The van der Waals surface area contributed by atoms with Crippen molar-refractivity contribution in [3.05, 3.63) is 58.1 Å². The Balaban J connectivity index is 2.34. The number of guanidine groups is 1. The van der Waals surface area contributed by atoms with Crippen LogP contribution < -0.4 is 15.5 Å². The van der Waals surface area contributed by atoms with Gasteiger partial charge >= 0.3 is 18.3 Å². The maximum atomic E-state index is 14.9. The third-order valence-electron chi connectivity index (χ3n) is 6.55. The number of anilines is 1. The van der Waals surface area contributed by atoms with Gasteiger partial charge in [-0.15, -0.1) is 23.1 Å². The Morgan fingerprint density at radius 2 is 1.52 bits per heavy atom. The molecule has 3 N–H and O–H groups in total. The average Bonchev–Trinajstić information content (AvgIpc) is 3.42. The highest BCUT2D eigenvalue weighted by Gasteiger charge is 2.36. The summed E-state index contributed by atoms with van der Waals surface area (Å²) in [5.74, 6) is -0.904. The van der Waals surface area contributed by atoms with Gasteiger partial charge in [0.25, 0.3) is 5.69 Å². The van der Waals surface area contributed by atoms with Crippen LogP contribution in [0, 0.1) is 22.4 Å². The first-order chi connectivity index (χ1) is 24.7. The number of amides is 3. The molecule has 0 unspecified atom stereocenters. The summed E-state index contributed by atoms with van der Waals surface area (Å²) in [6.45, 7) is 16.1. The van der Waals surface area contributed by atoms with Gasteiger partial charge in [0.15, 0.2) is 0 Å². The molecule has 0 saturated heterocycles. The van der Waals surface area contributed by atoms with Gasteiger partial charge in [0.2, 0.25) is 15.8 Å². The lowest BCUT2D eigenvalue weighted by molar-refractivity contribution is -0.384. The van der Waals surface area contributed by atoms with Crippen molar-refractivity contribution in [1.29, 1.82) is 5.41 Å². The van der Waals surface area contributed by atoms with Crippen LogP contribution >= 0.6 is 23.1 Å². The summed E-state index contributed by atoms with van der Waals surface area (Å²) >= 11 is 2.07. The molecule has 0 aliphatic carbocycles. The van der Waals surface area contributed by atoms with Gasteiger partial charge < -0.3 is 14.2 Å². The minimum Gasteiger partial charge on any atom is -0.444 e. The van der Waals surface area contributed by atoms with Crippen LogP contribution in [0.25, 0.3) is 11.1 Å². The Morgan fingerprint density at radius 3 is 2.07 bits per heavy atom. The summed E-state index contributed by atoms with van der Waals surface area (Å²) in [4.78, 5) is 54.2. The van der Waals surface area contributed by atoms with E-state index < -0.39 is 66.4 Å². The molecule has 1 heterocycles. The lowest BCUT2D eigenvalue weighted by Crippen LogP contribution is -2.50. The number of hydrogen-bond acceptors (Lipinski definition) is 14. The average molecular weight is 805 g/mol. The number of hydrogen-bond donors (Lipinski definition) is 3. The summed E-state index contributed by atoms with van der Waals surface area (Å²) in [5.41, 5.74) is -2.94. The number of carbonyl (C=O) groups excluding carboxylic acids is 3. The van der Waals surface area contributed by atoms with Crippen LogP contribution in [0.2, 0.25) is 0 Å². The minimum atomic E-state index is -4.70. The van der Waals surface area contributed by atoms with Crippen LogP contribution in [0.3, 0.4) is 0 Å². The number of carbonyl (C=O) groups is 3. The third kappa shape index (κ3) is 11.5. The largest absolute Gasteiger partial charge is 0.444 e. The predicted octanol–water partition coefficient (Wildman–Crippen LogP) is 8.57. The van der Waals surface area contributed by atoms with Crippen molar-refractivity contribution in [3.8, 4) is 11.1 Å². The molecule has 0 radical (unpaired) electrons. The Morgan fingerprint density at radius 1 is 0.926 bits per heavy atom. The second-order valence-electron chi connectivity index (χ2n) is 14.5. The first-order valence-electron chi connectivity index (χ1n) is 16.2. The summed E-state index contributed by atoms with van der Waals surface area (Å²) in [7, 11) is -4.70. The van der Waals surface area contributed by atoms with Gasteiger partial charge in [-0.3, -0.25) is 26.2 Å². The van der Waals surface area contributed by atoms with E-state index in [4.69, 9.17) is 19.6 Å². The number of nitro benzene ring substituents is 1. The van der Waals surface area contributed by atoms with Crippen LogP contribution in [-0.4, -0.2) is 67.0 Å². The second kappa shape index (κ2) is 16.6. The number of nitrogens with one attached hydrogen (secondary N) is 3. The zero-order valence-corrected chi connectivity index (χ0v) is 34.2. The van der Waals surface area contributed by atoms with Gasteiger partial charge in [0, 0.05) is 6.07 Å². The number of alkyl carbamates (subject to hydrolysis) is 2. The molecular weight excluding hydrogens is 761 g/mol. The van der Waals surface area contributed by atoms with E-state index in [0.717, 1.165) is 35.5 Å².